The first-order valence-corrected chi connectivity index (χ1v) is 7.03. The molecule has 2 rings (SSSR count). The number of hydrogen-bond donors (Lipinski definition) is 2. The number of nitrogens with one attached hydrogen (secondary N) is 1. The van der Waals surface area contributed by atoms with Crippen LogP contribution in [0, 0.1) is 0 Å². The molecule has 0 fully saturated rings. The molecule has 0 unspecified atom stereocenters. The van der Waals surface area contributed by atoms with E-state index in [1.54, 1.807) is 6.92 Å². The van der Waals surface area contributed by atoms with Crippen molar-refractivity contribution in [3.05, 3.63) is 41.3 Å². The fourth-order valence-corrected chi connectivity index (χ4v) is 1.75. The molecule has 2 N–H and O–H groups in total. The van der Waals surface area contributed by atoms with Crippen molar-refractivity contribution in [2.45, 2.75) is 39.2 Å². The smallest absolute Gasteiger partial charge is 0.354 e. The highest BCUT2D eigenvalue weighted by molar-refractivity contribution is 5.96. The van der Waals surface area contributed by atoms with Gasteiger partial charge in [-0.05, 0) is 19.1 Å². The predicted octanol–water partition coefficient (Wildman–Crippen LogP) is 1.95. The second-order valence-electron chi connectivity index (χ2n) is 6.14. The van der Waals surface area contributed by atoms with Crippen molar-refractivity contribution in [1.82, 2.24) is 20.4 Å². The summed E-state index contributed by atoms with van der Waals surface area (Å²) >= 11 is 0. The molecule has 0 aliphatic carbocycles. The first-order chi connectivity index (χ1) is 10.7. The Morgan fingerprint density at radius 3 is 2.61 bits per heavy atom. The number of pyridine rings is 1. The van der Waals surface area contributed by atoms with Gasteiger partial charge in [0.2, 0.25) is 5.89 Å². The van der Waals surface area contributed by atoms with E-state index in [4.69, 9.17) is 9.63 Å². The zero-order valence-electron chi connectivity index (χ0n) is 13.3. The van der Waals surface area contributed by atoms with Gasteiger partial charge in [0.25, 0.3) is 5.91 Å². The van der Waals surface area contributed by atoms with Gasteiger partial charge >= 0.3 is 5.97 Å². The standard InChI is InChI=1S/C15H18N4O4/c1-8(12-18-14(19-23-12)15(2,3)4)17-11(20)9-5-6-16-10(7-9)13(21)22/h5-8H,1-4H3,(H,17,20)(H,21,22)/t8-/m1/s1. The molecule has 2 aromatic heterocycles. The molecule has 0 aliphatic rings. The highest BCUT2D eigenvalue weighted by Gasteiger charge is 2.24. The molecule has 2 aromatic rings. The van der Waals surface area contributed by atoms with E-state index in [-0.39, 0.29) is 22.6 Å². The molecule has 1 atom stereocenters. The summed E-state index contributed by atoms with van der Waals surface area (Å²) in [6, 6.07) is 2.13. The van der Waals surface area contributed by atoms with Crippen LogP contribution in [-0.4, -0.2) is 32.1 Å². The van der Waals surface area contributed by atoms with Crippen LogP contribution >= 0.6 is 0 Å². The molecule has 23 heavy (non-hydrogen) atoms. The Labute approximate surface area is 132 Å². The molecule has 0 radical (unpaired) electrons. The largest absolute Gasteiger partial charge is 0.477 e. The van der Waals surface area contributed by atoms with Gasteiger partial charge in [0.05, 0.1) is 0 Å². The lowest BCUT2D eigenvalue weighted by Gasteiger charge is -2.12. The second-order valence-corrected chi connectivity index (χ2v) is 6.14. The van der Waals surface area contributed by atoms with E-state index >= 15 is 0 Å². The van der Waals surface area contributed by atoms with Crippen molar-refractivity contribution in [2.75, 3.05) is 0 Å². The maximum atomic E-state index is 12.2. The number of carbonyl (C=O) groups excluding carboxylic acids is 1. The van der Waals surface area contributed by atoms with Gasteiger partial charge in [0.1, 0.15) is 11.7 Å². The third kappa shape index (κ3) is 3.91. The molecule has 0 bridgehead atoms. The maximum absolute atomic E-state index is 12.2. The lowest BCUT2D eigenvalue weighted by molar-refractivity contribution is 0.0690. The molecular formula is C15H18N4O4. The van der Waals surface area contributed by atoms with E-state index in [0.717, 1.165) is 0 Å². The number of aromatic nitrogens is 3. The quantitative estimate of drug-likeness (QED) is 0.884. The molecule has 1 amide bonds. The Bertz CT molecular complexity index is 733. The number of amides is 1. The Kier molecular flexibility index (Phi) is 4.44. The Morgan fingerprint density at radius 1 is 1.35 bits per heavy atom. The van der Waals surface area contributed by atoms with Crippen LogP contribution in [0.3, 0.4) is 0 Å². The SMILES string of the molecule is C[C@@H](NC(=O)c1ccnc(C(=O)O)c1)c1nc(C(C)(C)C)no1. The summed E-state index contributed by atoms with van der Waals surface area (Å²) in [5, 5.41) is 15.5. The van der Waals surface area contributed by atoms with Crippen molar-refractivity contribution in [2.24, 2.45) is 0 Å². The Balaban J connectivity index is 2.12. The summed E-state index contributed by atoms with van der Waals surface area (Å²) in [5.41, 5.74) is -0.259. The minimum Gasteiger partial charge on any atom is -0.477 e. The highest BCUT2D eigenvalue weighted by atomic mass is 16.5. The normalized spacial score (nSPS) is 12.7. The molecule has 0 spiro atoms. The summed E-state index contributed by atoms with van der Waals surface area (Å²) in [6.45, 7) is 7.57. The van der Waals surface area contributed by atoms with Crippen LogP contribution in [0.4, 0.5) is 0 Å². The topological polar surface area (TPSA) is 118 Å². The molecule has 0 saturated heterocycles. The summed E-state index contributed by atoms with van der Waals surface area (Å²) in [4.78, 5) is 31.0. The van der Waals surface area contributed by atoms with E-state index in [1.165, 1.54) is 18.3 Å². The van der Waals surface area contributed by atoms with Crippen molar-refractivity contribution < 1.29 is 19.2 Å². The minimum atomic E-state index is -1.19. The van der Waals surface area contributed by atoms with Crippen LogP contribution in [0.1, 0.15) is 66.3 Å². The van der Waals surface area contributed by atoms with E-state index in [9.17, 15) is 9.59 Å². The third-order valence-electron chi connectivity index (χ3n) is 3.07. The van der Waals surface area contributed by atoms with Crippen LogP contribution in [0.15, 0.2) is 22.9 Å². The molecule has 0 aliphatic heterocycles. The van der Waals surface area contributed by atoms with Gasteiger partial charge < -0.3 is 14.9 Å². The minimum absolute atomic E-state index is 0.194. The fraction of sp³-hybridized carbons (Fsp3) is 0.400. The summed E-state index contributed by atoms with van der Waals surface area (Å²) in [6.07, 6.45) is 1.27. The number of rotatable bonds is 4. The van der Waals surface area contributed by atoms with E-state index in [0.29, 0.717) is 5.82 Å². The van der Waals surface area contributed by atoms with Crippen LogP contribution in [0.2, 0.25) is 0 Å². The molecule has 2 heterocycles. The molecule has 8 nitrogen and oxygen atoms in total. The molecule has 8 heteroatoms. The van der Waals surface area contributed by atoms with E-state index < -0.39 is 17.9 Å². The predicted molar refractivity (Wildman–Crippen MR) is 80.1 cm³/mol. The van der Waals surface area contributed by atoms with Crippen molar-refractivity contribution >= 4 is 11.9 Å². The molecule has 122 valence electrons. The molecular weight excluding hydrogens is 300 g/mol. The highest BCUT2D eigenvalue weighted by Crippen LogP contribution is 2.20. The number of nitrogens with zero attached hydrogens (tertiary/aromatic N) is 3. The zero-order chi connectivity index (χ0) is 17.2. The first-order valence-electron chi connectivity index (χ1n) is 7.03. The number of hydrogen-bond acceptors (Lipinski definition) is 6. The fourth-order valence-electron chi connectivity index (χ4n) is 1.75. The van der Waals surface area contributed by atoms with E-state index in [1.807, 2.05) is 20.8 Å². The number of aromatic carboxylic acids is 1. The average Bonchev–Trinajstić information content (AvgIpc) is 2.97. The van der Waals surface area contributed by atoms with Gasteiger partial charge in [-0.25, -0.2) is 9.78 Å². The average molecular weight is 318 g/mol. The maximum Gasteiger partial charge on any atom is 0.354 e. The van der Waals surface area contributed by atoms with Crippen LogP contribution in [0.5, 0.6) is 0 Å². The van der Waals surface area contributed by atoms with Crippen molar-refractivity contribution in [3.8, 4) is 0 Å². The van der Waals surface area contributed by atoms with Gasteiger partial charge in [-0.2, -0.15) is 4.98 Å². The second kappa shape index (κ2) is 6.15. The first kappa shape index (κ1) is 16.6. The lowest BCUT2D eigenvalue weighted by Crippen LogP contribution is -2.27. The molecule has 0 aromatic carbocycles. The monoisotopic (exact) mass is 318 g/mol. The van der Waals surface area contributed by atoms with Crippen LogP contribution in [0.25, 0.3) is 0 Å². The van der Waals surface area contributed by atoms with Gasteiger partial charge in [-0.15, -0.1) is 0 Å². The lowest BCUT2D eigenvalue weighted by atomic mass is 9.96. The Morgan fingerprint density at radius 2 is 2.04 bits per heavy atom. The van der Waals surface area contributed by atoms with E-state index in [2.05, 4.69) is 20.4 Å². The summed E-state index contributed by atoms with van der Waals surface area (Å²) in [5.74, 6) is -0.807. The van der Waals surface area contributed by atoms with Gasteiger partial charge in [0.15, 0.2) is 5.82 Å². The van der Waals surface area contributed by atoms with Crippen molar-refractivity contribution in [3.63, 3.8) is 0 Å². The van der Waals surface area contributed by atoms with Gasteiger partial charge in [-0.3, -0.25) is 4.79 Å². The van der Waals surface area contributed by atoms with Crippen molar-refractivity contribution in [1.29, 1.82) is 0 Å². The van der Waals surface area contributed by atoms with Gasteiger partial charge in [0, 0.05) is 17.2 Å². The number of carbonyl (C=O) groups is 2. The number of carboxylic acid groups (broad SMARTS) is 1. The number of carboxylic acids is 1. The third-order valence-corrected chi connectivity index (χ3v) is 3.07. The zero-order valence-corrected chi connectivity index (χ0v) is 13.3. The van der Waals surface area contributed by atoms with Crippen LogP contribution in [-0.2, 0) is 5.41 Å². The molecule has 0 saturated carbocycles. The van der Waals surface area contributed by atoms with Crippen LogP contribution < -0.4 is 5.32 Å². The van der Waals surface area contributed by atoms with Gasteiger partial charge in [-0.1, -0.05) is 25.9 Å². The Hall–Kier alpha value is -2.77. The summed E-state index contributed by atoms with van der Waals surface area (Å²) < 4.78 is 5.17. The summed E-state index contributed by atoms with van der Waals surface area (Å²) in [7, 11) is 0.